The minimum atomic E-state index is -1.07. The first-order valence-electron chi connectivity index (χ1n) is 10.9. The average Bonchev–Trinajstić information content (AvgIpc) is 2.75. The van der Waals surface area contributed by atoms with Crippen LogP contribution in [-0.2, 0) is 20.8 Å². The van der Waals surface area contributed by atoms with Crippen molar-refractivity contribution in [3.05, 3.63) is 35.4 Å². The molecule has 0 saturated heterocycles. The lowest BCUT2D eigenvalue weighted by molar-refractivity contribution is -0.139. The molecule has 1 atom stereocenters. The van der Waals surface area contributed by atoms with Gasteiger partial charge in [0, 0.05) is 18.6 Å². The summed E-state index contributed by atoms with van der Waals surface area (Å²) in [5, 5.41) is 27.5. The van der Waals surface area contributed by atoms with Gasteiger partial charge in [-0.25, -0.2) is 5.48 Å². The smallest absolute Gasteiger partial charge is 0.303 e. The second-order valence-electron chi connectivity index (χ2n) is 7.83. The van der Waals surface area contributed by atoms with Crippen molar-refractivity contribution in [1.82, 2.24) is 10.8 Å². The van der Waals surface area contributed by atoms with Crippen molar-refractivity contribution in [1.29, 1.82) is 5.41 Å². The molecule has 1 aromatic carbocycles. The molecule has 0 aromatic heterocycles. The molecule has 2 amide bonds. The SMILES string of the molecule is CC(=N)c1ccc(CCCCCCCCCC(=O)N[C@H](CCC(=O)O)C(=O)NO)cc1. The summed E-state index contributed by atoms with van der Waals surface area (Å²) in [5.41, 5.74) is 4.30. The Balaban J connectivity index is 2.09. The summed E-state index contributed by atoms with van der Waals surface area (Å²) in [5.74, 6) is -2.20. The van der Waals surface area contributed by atoms with Crippen molar-refractivity contribution in [2.45, 2.75) is 83.6 Å². The molecule has 0 saturated carbocycles. The van der Waals surface area contributed by atoms with E-state index in [1.165, 1.54) is 11.0 Å². The van der Waals surface area contributed by atoms with E-state index in [4.69, 9.17) is 15.7 Å². The van der Waals surface area contributed by atoms with E-state index in [1.54, 1.807) is 6.92 Å². The maximum Gasteiger partial charge on any atom is 0.303 e. The van der Waals surface area contributed by atoms with Gasteiger partial charge in [-0.2, -0.15) is 0 Å². The van der Waals surface area contributed by atoms with Crippen LogP contribution in [0.4, 0.5) is 0 Å². The number of carbonyl (C=O) groups is 3. The fraction of sp³-hybridized carbons (Fsp3) is 0.565. The Hall–Kier alpha value is -2.74. The first kappa shape index (κ1) is 26.3. The van der Waals surface area contributed by atoms with E-state index < -0.39 is 17.9 Å². The fourth-order valence-electron chi connectivity index (χ4n) is 3.30. The second kappa shape index (κ2) is 15.1. The van der Waals surface area contributed by atoms with Gasteiger partial charge in [-0.1, -0.05) is 56.4 Å². The maximum atomic E-state index is 12.0. The largest absolute Gasteiger partial charge is 0.481 e. The van der Waals surface area contributed by atoms with Gasteiger partial charge in [-0.15, -0.1) is 0 Å². The van der Waals surface area contributed by atoms with Gasteiger partial charge in [0.2, 0.25) is 5.91 Å². The predicted octanol–water partition coefficient (Wildman–Crippen LogP) is 3.59. The van der Waals surface area contributed by atoms with Crippen molar-refractivity contribution >= 4 is 23.5 Å². The van der Waals surface area contributed by atoms with E-state index in [0.29, 0.717) is 12.1 Å². The first-order chi connectivity index (χ1) is 14.8. The molecule has 0 fully saturated rings. The first-order valence-corrected chi connectivity index (χ1v) is 10.9. The lowest BCUT2D eigenvalue weighted by Crippen LogP contribution is -2.46. The van der Waals surface area contributed by atoms with Crippen molar-refractivity contribution in [2.24, 2.45) is 0 Å². The Kier molecular flexibility index (Phi) is 12.8. The number of unbranched alkanes of at least 4 members (excludes halogenated alkanes) is 6. The number of carboxylic acids is 1. The minimum Gasteiger partial charge on any atom is -0.481 e. The van der Waals surface area contributed by atoms with E-state index in [-0.39, 0.29) is 25.2 Å². The number of carbonyl (C=O) groups excluding carboxylic acids is 2. The lowest BCUT2D eigenvalue weighted by atomic mass is 10.0. The van der Waals surface area contributed by atoms with Crippen LogP contribution >= 0.6 is 0 Å². The van der Waals surface area contributed by atoms with Crippen LogP contribution in [0.2, 0.25) is 0 Å². The van der Waals surface area contributed by atoms with Crippen LogP contribution in [0.1, 0.15) is 82.3 Å². The summed E-state index contributed by atoms with van der Waals surface area (Å²) in [7, 11) is 0. The summed E-state index contributed by atoms with van der Waals surface area (Å²) in [6.45, 7) is 1.79. The van der Waals surface area contributed by atoms with Crippen LogP contribution in [0.15, 0.2) is 24.3 Å². The van der Waals surface area contributed by atoms with Gasteiger partial charge in [-0.05, 0) is 43.7 Å². The van der Waals surface area contributed by atoms with E-state index >= 15 is 0 Å². The van der Waals surface area contributed by atoms with Crippen LogP contribution in [0.5, 0.6) is 0 Å². The van der Waals surface area contributed by atoms with Crippen molar-refractivity contribution < 1.29 is 24.7 Å². The van der Waals surface area contributed by atoms with Crippen LogP contribution < -0.4 is 10.8 Å². The third kappa shape index (κ3) is 11.9. The van der Waals surface area contributed by atoms with Gasteiger partial charge in [0.1, 0.15) is 6.04 Å². The van der Waals surface area contributed by atoms with Gasteiger partial charge in [0.25, 0.3) is 5.91 Å². The normalized spacial score (nSPS) is 11.5. The molecular weight excluding hydrogens is 398 g/mol. The van der Waals surface area contributed by atoms with Gasteiger partial charge in [0.15, 0.2) is 0 Å². The highest BCUT2D eigenvalue weighted by molar-refractivity contribution is 5.96. The number of aryl methyl sites for hydroxylation is 1. The highest BCUT2D eigenvalue weighted by atomic mass is 16.5. The van der Waals surface area contributed by atoms with Crippen LogP contribution in [0.25, 0.3) is 0 Å². The molecule has 0 heterocycles. The Morgan fingerprint density at radius 1 is 0.935 bits per heavy atom. The summed E-state index contributed by atoms with van der Waals surface area (Å²) in [4.78, 5) is 34.1. The van der Waals surface area contributed by atoms with Gasteiger partial charge < -0.3 is 15.8 Å². The number of carboxylic acid groups (broad SMARTS) is 1. The number of rotatable bonds is 16. The second-order valence-corrected chi connectivity index (χ2v) is 7.83. The molecule has 0 aliphatic rings. The molecule has 0 aliphatic heterocycles. The molecule has 8 nitrogen and oxygen atoms in total. The molecule has 0 radical (unpaired) electrons. The number of hydrogen-bond acceptors (Lipinski definition) is 5. The molecule has 31 heavy (non-hydrogen) atoms. The lowest BCUT2D eigenvalue weighted by Gasteiger charge is -2.15. The number of hydrogen-bond donors (Lipinski definition) is 5. The molecule has 0 spiro atoms. The molecule has 1 rings (SSSR count). The fourth-order valence-corrected chi connectivity index (χ4v) is 3.30. The summed E-state index contributed by atoms with van der Waals surface area (Å²) in [6.07, 6.45) is 8.20. The van der Waals surface area contributed by atoms with E-state index in [2.05, 4.69) is 17.4 Å². The average molecular weight is 434 g/mol. The molecule has 5 N–H and O–H groups in total. The Morgan fingerprint density at radius 3 is 2.06 bits per heavy atom. The number of nitrogens with one attached hydrogen (secondary N) is 3. The molecular formula is C23H35N3O5. The Labute approximate surface area is 183 Å². The molecule has 1 aromatic rings. The van der Waals surface area contributed by atoms with Gasteiger partial charge in [-0.3, -0.25) is 19.6 Å². The van der Waals surface area contributed by atoms with Crippen LogP contribution in [-0.4, -0.2) is 39.9 Å². The predicted molar refractivity (Wildman–Crippen MR) is 118 cm³/mol. The summed E-state index contributed by atoms with van der Waals surface area (Å²) < 4.78 is 0. The number of benzene rings is 1. The van der Waals surface area contributed by atoms with Gasteiger partial charge in [0.05, 0.1) is 0 Å². The van der Waals surface area contributed by atoms with Crippen molar-refractivity contribution in [2.75, 3.05) is 0 Å². The Bertz CT molecular complexity index is 718. The maximum absolute atomic E-state index is 12.0. The zero-order valence-corrected chi connectivity index (χ0v) is 18.3. The molecule has 8 heteroatoms. The number of aliphatic carboxylic acids is 1. The molecule has 0 aliphatic carbocycles. The highest BCUT2D eigenvalue weighted by Gasteiger charge is 2.21. The summed E-state index contributed by atoms with van der Waals surface area (Å²) in [6, 6.07) is 7.14. The third-order valence-corrected chi connectivity index (χ3v) is 5.17. The van der Waals surface area contributed by atoms with E-state index in [0.717, 1.165) is 50.5 Å². The molecule has 172 valence electrons. The zero-order valence-electron chi connectivity index (χ0n) is 18.3. The van der Waals surface area contributed by atoms with E-state index in [9.17, 15) is 14.4 Å². The van der Waals surface area contributed by atoms with Crippen molar-refractivity contribution in [3.8, 4) is 0 Å². The third-order valence-electron chi connectivity index (χ3n) is 5.17. The monoisotopic (exact) mass is 433 g/mol. The number of hydroxylamine groups is 1. The number of amides is 2. The summed E-state index contributed by atoms with van der Waals surface area (Å²) >= 11 is 0. The quantitative estimate of drug-likeness (QED) is 0.117. The van der Waals surface area contributed by atoms with Crippen molar-refractivity contribution in [3.63, 3.8) is 0 Å². The highest BCUT2D eigenvalue weighted by Crippen LogP contribution is 2.12. The topological polar surface area (TPSA) is 140 Å². The minimum absolute atomic E-state index is 0.0695. The Morgan fingerprint density at radius 2 is 1.52 bits per heavy atom. The molecule has 0 bridgehead atoms. The van der Waals surface area contributed by atoms with Crippen LogP contribution in [0, 0.1) is 5.41 Å². The van der Waals surface area contributed by atoms with Gasteiger partial charge >= 0.3 is 5.97 Å². The van der Waals surface area contributed by atoms with E-state index in [1.807, 2.05) is 12.1 Å². The zero-order chi connectivity index (χ0) is 23.1. The molecule has 0 unspecified atom stereocenters. The van der Waals surface area contributed by atoms with Crippen LogP contribution in [0.3, 0.4) is 0 Å². The standard InChI is InChI=1S/C23H35N3O5/c1-17(24)19-13-11-18(12-14-19)9-7-5-3-2-4-6-8-10-21(27)25-20(23(30)26-31)15-16-22(28)29/h11-14,20,24,31H,2-10,15-16H2,1H3,(H,25,27)(H,26,30)(H,28,29)/t20-/m1/s1.